The van der Waals surface area contributed by atoms with Crippen LogP contribution in [0.25, 0.3) is 10.6 Å². The zero-order valence-electron chi connectivity index (χ0n) is 12.9. The molecule has 1 saturated carbocycles. The van der Waals surface area contributed by atoms with Gasteiger partial charge in [-0.25, -0.2) is 4.68 Å². The molecule has 1 aliphatic carbocycles. The van der Waals surface area contributed by atoms with E-state index in [0.29, 0.717) is 6.04 Å². The summed E-state index contributed by atoms with van der Waals surface area (Å²) in [4.78, 5) is 5.91. The van der Waals surface area contributed by atoms with Crippen molar-refractivity contribution in [1.82, 2.24) is 9.78 Å². The maximum absolute atomic E-state index is 5.28. The highest BCUT2D eigenvalue weighted by atomic mass is 79.9. The SMILES string of the molecule is COc1ccc(-c2nn(C)c(=NC3CCCCC3)s2)cc1Br. The average Bonchev–Trinajstić information content (AvgIpc) is 2.89. The number of nitrogens with zero attached hydrogens (tertiary/aromatic N) is 3. The van der Waals surface area contributed by atoms with Gasteiger partial charge in [-0.2, -0.15) is 5.10 Å². The Morgan fingerprint density at radius 2 is 2.09 bits per heavy atom. The average molecular weight is 382 g/mol. The highest BCUT2D eigenvalue weighted by Gasteiger charge is 2.13. The van der Waals surface area contributed by atoms with Gasteiger partial charge in [0.05, 0.1) is 17.6 Å². The van der Waals surface area contributed by atoms with E-state index in [0.717, 1.165) is 25.6 Å². The molecule has 6 heteroatoms. The van der Waals surface area contributed by atoms with Crippen LogP contribution >= 0.6 is 27.3 Å². The molecule has 2 aromatic rings. The van der Waals surface area contributed by atoms with Crippen LogP contribution in [0.15, 0.2) is 27.7 Å². The van der Waals surface area contributed by atoms with E-state index >= 15 is 0 Å². The highest BCUT2D eigenvalue weighted by Crippen LogP contribution is 2.30. The van der Waals surface area contributed by atoms with Gasteiger partial charge in [-0.05, 0) is 47.0 Å². The van der Waals surface area contributed by atoms with Crippen molar-refractivity contribution in [3.63, 3.8) is 0 Å². The summed E-state index contributed by atoms with van der Waals surface area (Å²) in [5.74, 6) is 0.830. The normalized spacial score (nSPS) is 17.0. The minimum atomic E-state index is 0.468. The third-order valence-corrected chi connectivity index (χ3v) is 5.65. The van der Waals surface area contributed by atoms with E-state index in [9.17, 15) is 0 Å². The van der Waals surface area contributed by atoms with Crippen LogP contribution in [0.4, 0.5) is 0 Å². The molecule has 0 N–H and O–H groups in total. The molecule has 0 spiro atoms. The number of aryl methyl sites for hydroxylation is 1. The van der Waals surface area contributed by atoms with Gasteiger partial charge in [0.2, 0.25) is 4.80 Å². The van der Waals surface area contributed by atoms with Gasteiger partial charge in [0.15, 0.2) is 0 Å². The van der Waals surface area contributed by atoms with Crippen molar-refractivity contribution in [2.45, 2.75) is 38.1 Å². The quantitative estimate of drug-likeness (QED) is 0.800. The number of rotatable bonds is 3. The van der Waals surface area contributed by atoms with Gasteiger partial charge in [-0.15, -0.1) is 0 Å². The molecule has 1 aromatic carbocycles. The molecule has 118 valence electrons. The number of hydrogen-bond acceptors (Lipinski definition) is 4. The van der Waals surface area contributed by atoms with Gasteiger partial charge >= 0.3 is 0 Å². The number of benzene rings is 1. The Morgan fingerprint density at radius 3 is 2.77 bits per heavy atom. The molecule has 0 radical (unpaired) electrons. The van der Waals surface area contributed by atoms with Crippen LogP contribution in [0.3, 0.4) is 0 Å². The summed E-state index contributed by atoms with van der Waals surface area (Å²) in [6, 6.07) is 6.50. The standard InChI is InChI=1S/C16H20BrN3OS/c1-20-16(18-12-6-4-3-5-7-12)22-15(19-20)11-8-9-14(21-2)13(17)10-11/h8-10,12H,3-7H2,1-2H3. The van der Waals surface area contributed by atoms with Gasteiger partial charge in [0.1, 0.15) is 10.8 Å². The minimum absolute atomic E-state index is 0.468. The fourth-order valence-electron chi connectivity index (χ4n) is 2.74. The van der Waals surface area contributed by atoms with Crippen LogP contribution in [0.5, 0.6) is 5.75 Å². The van der Waals surface area contributed by atoms with Crippen LogP contribution in [0.1, 0.15) is 32.1 Å². The molecule has 0 atom stereocenters. The predicted octanol–water partition coefficient (Wildman–Crippen LogP) is 4.15. The molecule has 0 unspecified atom stereocenters. The van der Waals surface area contributed by atoms with E-state index in [4.69, 9.17) is 9.73 Å². The summed E-state index contributed by atoms with van der Waals surface area (Å²) in [7, 11) is 3.64. The molecule has 0 aliphatic heterocycles. The van der Waals surface area contributed by atoms with E-state index in [-0.39, 0.29) is 0 Å². The van der Waals surface area contributed by atoms with Gasteiger partial charge in [0, 0.05) is 12.6 Å². The molecule has 1 aliphatic rings. The monoisotopic (exact) mass is 381 g/mol. The highest BCUT2D eigenvalue weighted by molar-refractivity contribution is 9.10. The second kappa shape index (κ2) is 6.96. The number of hydrogen-bond donors (Lipinski definition) is 0. The molecular formula is C16H20BrN3OS. The van der Waals surface area contributed by atoms with E-state index < -0.39 is 0 Å². The molecule has 0 saturated heterocycles. The molecule has 4 nitrogen and oxygen atoms in total. The lowest BCUT2D eigenvalue weighted by Crippen LogP contribution is -2.18. The number of ether oxygens (including phenoxy) is 1. The molecule has 1 aromatic heterocycles. The summed E-state index contributed by atoms with van der Waals surface area (Å²) >= 11 is 5.18. The molecule has 0 amide bonds. The Morgan fingerprint density at radius 1 is 1.32 bits per heavy atom. The fraction of sp³-hybridized carbons (Fsp3) is 0.500. The number of methoxy groups -OCH3 is 1. The molecule has 3 rings (SSSR count). The van der Waals surface area contributed by atoms with Crippen molar-refractivity contribution in [2.24, 2.45) is 12.0 Å². The first-order valence-electron chi connectivity index (χ1n) is 7.59. The van der Waals surface area contributed by atoms with Gasteiger partial charge in [0.25, 0.3) is 0 Å². The first kappa shape index (κ1) is 15.7. The molecule has 22 heavy (non-hydrogen) atoms. The fourth-order valence-corrected chi connectivity index (χ4v) is 4.24. The Balaban J connectivity index is 1.91. The summed E-state index contributed by atoms with van der Waals surface area (Å²) in [6.45, 7) is 0. The Hall–Kier alpha value is -1.14. The smallest absolute Gasteiger partial charge is 0.203 e. The van der Waals surface area contributed by atoms with Crippen LogP contribution in [-0.2, 0) is 7.05 Å². The predicted molar refractivity (Wildman–Crippen MR) is 93.2 cm³/mol. The first-order valence-corrected chi connectivity index (χ1v) is 9.20. The molecule has 1 fully saturated rings. The van der Waals surface area contributed by atoms with Crippen molar-refractivity contribution in [2.75, 3.05) is 7.11 Å². The maximum atomic E-state index is 5.28. The Labute approximate surface area is 143 Å². The summed E-state index contributed by atoms with van der Waals surface area (Å²) < 4.78 is 8.11. The van der Waals surface area contributed by atoms with Crippen LogP contribution in [0, 0.1) is 0 Å². The van der Waals surface area contributed by atoms with E-state index in [1.165, 1.54) is 32.1 Å². The zero-order valence-corrected chi connectivity index (χ0v) is 15.3. The van der Waals surface area contributed by atoms with Gasteiger partial charge in [-0.1, -0.05) is 30.6 Å². The summed E-state index contributed by atoms with van der Waals surface area (Å²) in [6.07, 6.45) is 6.37. The lowest BCUT2D eigenvalue weighted by atomic mass is 9.96. The second-order valence-corrected chi connectivity index (χ2v) is 7.39. The van der Waals surface area contributed by atoms with Crippen molar-refractivity contribution >= 4 is 27.3 Å². The molecular weight excluding hydrogens is 362 g/mol. The maximum Gasteiger partial charge on any atom is 0.203 e. The minimum Gasteiger partial charge on any atom is -0.496 e. The number of halogens is 1. The summed E-state index contributed by atoms with van der Waals surface area (Å²) in [5, 5.41) is 5.61. The first-order chi connectivity index (χ1) is 10.7. The Kier molecular flexibility index (Phi) is 4.98. The van der Waals surface area contributed by atoms with Crippen LogP contribution < -0.4 is 9.54 Å². The van der Waals surface area contributed by atoms with Gasteiger partial charge < -0.3 is 4.74 Å². The third kappa shape index (κ3) is 3.43. The molecule has 1 heterocycles. The van der Waals surface area contributed by atoms with Gasteiger partial charge in [-0.3, -0.25) is 4.99 Å². The van der Waals surface area contributed by atoms with Crippen molar-refractivity contribution < 1.29 is 4.74 Å². The summed E-state index contributed by atoms with van der Waals surface area (Å²) in [5.41, 5.74) is 1.08. The third-order valence-electron chi connectivity index (χ3n) is 3.97. The van der Waals surface area contributed by atoms with E-state index in [2.05, 4.69) is 21.0 Å². The second-order valence-electron chi connectivity index (χ2n) is 5.58. The number of aromatic nitrogens is 2. The van der Waals surface area contributed by atoms with E-state index in [1.807, 2.05) is 29.9 Å². The topological polar surface area (TPSA) is 39.4 Å². The van der Waals surface area contributed by atoms with Crippen molar-refractivity contribution in [3.8, 4) is 16.3 Å². The van der Waals surface area contributed by atoms with E-state index in [1.54, 1.807) is 18.4 Å². The van der Waals surface area contributed by atoms with Crippen molar-refractivity contribution in [3.05, 3.63) is 27.5 Å². The lowest BCUT2D eigenvalue weighted by Gasteiger charge is -2.16. The van der Waals surface area contributed by atoms with Crippen LogP contribution in [-0.4, -0.2) is 22.9 Å². The van der Waals surface area contributed by atoms with Crippen molar-refractivity contribution in [1.29, 1.82) is 0 Å². The van der Waals surface area contributed by atoms with Crippen LogP contribution in [0.2, 0.25) is 0 Å². The largest absolute Gasteiger partial charge is 0.496 e. The zero-order chi connectivity index (χ0) is 15.5. The molecule has 0 bridgehead atoms. The lowest BCUT2D eigenvalue weighted by molar-refractivity contribution is 0.412. The Bertz CT molecular complexity index is 716.